The van der Waals surface area contributed by atoms with Crippen LogP contribution in [-0.4, -0.2) is 83.7 Å². The first kappa shape index (κ1) is 25.3. The first-order valence-electron chi connectivity index (χ1n) is 11.2. The number of nitrogens with one attached hydrogen (secondary N) is 1. The second-order valence-electron chi connectivity index (χ2n) is 8.22. The summed E-state index contributed by atoms with van der Waals surface area (Å²) < 4.78 is 0. The van der Waals surface area contributed by atoms with E-state index < -0.39 is 6.04 Å². The molecule has 11 heteroatoms. The minimum absolute atomic E-state index is 0.0227. The molecule has 182 valence electrons. The normalized spacial score (nSPS) is 17.3. The Labute approximate surface area is 203 Å². The maximum absolute atomic E-state index is 13.1. The van der Waals surface area contributed by atoms with E-state index in [2.05, 4.69) is 15.3 Å². The number of carbonyl (C=O) groups is 3. The van der Waals surface area contributed by atoms with Crippen molar-refractivity contribution in [2.45, 2.75) is 31.3 Å². The molecule has 0 bridgehead atoms. The van der Waals surface area contributed by atoms with Crippen molar-refractivity contribution >= 4 is 34.9 Å². The zero-order chi connectivity index (χ0) is 24.5. The number of rotatable bonds is 11. The zero-order valence-electron chi connectivity index (χ0n) is 19.2. The van der Waals surface area contributed by atoms with E-state index in [0.717, 1.165) is 5.56 Å². The number of hydrogen-bond donors (Lipinski definition) is 3. The van der Waals surface area contributed by atoms with Crippen LogP contribution in [0.2, 0.25) is 0 Å². The fraction of sp³-hybridized carbons (Fsp3) is 0.435. The molecule has 10 nitrogen and oxygen atoms in total. The number of Topliss-reactive ketones (excluding diaryl/α,β-unsaturated/α-hetero) is 1. The largest absolute Gasteiger partial charge is 0.370 e. The quantitative estimate of drug-likeness (QED) is 0.179. The van der Waals surface area contributed by atoms with Gasteiger partial charge in [0.05, 0.1) is 18.6 Å². The third kappa shape index (κ3) is 7.09. The van der Waals surface area contributed by atoms with Crippen LogP contribution in [0.5, 0.6) is 0 Å². The average Bonchev–Trinajstić information content (AvgIpc) is 3.35. The number of thiazole rings is 1. The highest BCUT2D eigenvalue weighted by atomic mass is 32.1. The van der Waals surface area contributed by atoms with Gasteiger partial charge in [-0.05, 0) is 31.9 Å². The summed E-state index contributed by atoms with van der Waals surface area (Å²) in [5.41, 5.74) is 11.8. The summed E-state index contributed by atoms with van der Waals surface area (Å²) in [5.74, 6) is -0.762. The van der Waals surface area contributed by atoms with Crippen molar-refractivity contribution < 1.29 is 14.4 Å². The van der Waals surface area contributed by atoms with Crippen molar-refractivity contribution in [1.82, 2.24) is 20.1 Å². The molecule has 0 aliphatic carbocycles. The Hall–Kier alpha value is -3.31. The van der Waals surface area contributed by atoms with E-state index in [1.165, 1.54) is 11.3 Å². The van der Waals surface area contributed by atoms with Crippen LogP contribution in [0.15, 0.2) is 46.9 Å². The lowest BCUT2D eigenvalue weighted by atomic mass is 10.0. The number of nitrogens with zero attached hydrogens (tertiary/aromatic N) is 4. The van der Waals surface area contributed by atoms with Gasteiger partial charge in [0.25, 0.3) is 0 Å². The van der Waals surface area contributed by atoms with Crippen molar-refractivity contribution in [3.63, 3.8) is 0 Å². The van der Waals surface area contributed by atoms with Gasteiger partial charge >= 0.3 is 0 Å². The molecule has 0 spiro atoms. The Balaban J connectivity index is 1.62. The first-order valence-corrected chi connectivity index (χ1v) is 12.0. The molecular weight excluding hydrogens is 454 g/mol. The second kappa shape index (κ2) is 12.2. The molecule has 2 aromatic rings. The molecule has 34 heavy (non-hydrogen) atoms. The number of guanidine groups is 1. The molecule has 1 saturated heterocycles. The molecule has 1 aromatic heterocycles. The molecule has 0 unspecified atom stereocenters. The molecule has 0 saturated carbocycles. The standard InChI is InChI=1S/C23H31N7O3S/c1-29-11-12-30(22(33)18(29)14-16-6-3-2-4-7-16)15-19(31)28-17(8-5-9-27-23(24)25)20(32)21-26-10-13-34-21/h2-4,6-7,10,13,17-18H,5,8-9,11-12,14-15H2,1H3,(H,28,31)(H4,24,25,27)/t17-,18-/m0/s1. The molecule has 2 heterocycles. The van der Waals surface area contributed by atoms with E-state index in [1.54, 1.807) is 16.5 Å². The summed E-state index contributed by atoms with van der Waals surface area (Å²) in [6, 6.07) is 8.70. The van der Waals surface area contributed by atoms with Crippen molar-refractivity contribution in [2.24, 2.45) is 16.5 Å². The number of ketones is 1. The number of aliphatic imine (C=N–C) groups is 1. The molecule has 2 atom stereocenters. The lowest BCUT2D eigenvalue weighted by Crippen LogP contribution is -2.58. The molecule has 1 aliphatic heterocycles. The molecule has 0 radical (unpaired) electrons. The molecule has 1 aliphatic rings. The Morgan fingerprint density at radius 3 is 2.71 bits per heavy atom. The highest BCUT2D eigenvalue weighted by molar-refractivity contribution is 7.11. The van der Waals surface area contributed by atoms with Crippen molar-refractivity contribution in [3.05, 3.63) is 52.5 Å². The van der Waals surface area contributed by atoms with Crippen LogP contribution in [0.3, 0.4) is 0 Å². The summed E-state index contributed by atoms with van der Waals surface area (Å²) in [6.07, 6.45) is 2.98. The van der Waals surface area contributed by atoms with Gasteiger partial charge in [0.2, 0.25) is 17.6 Å². The van der Waals surface area contributed by atoms with Crippen LogP contribution < -0.4 is 16.8 Å². The Bertz CT molecular complexity index is 993. The van der Waals surface area contributed by atoms with Gasteiger partial charge in [-0.25, -0.2) is 4.98 Å². The highest BCUT2D eigenvalue weighted by Crippen LogP contribution is 2.16. The Morgan fingerprint density at radius 2 is 2.03 bits per heavy atom. The third-order valence-electron chi connectivity index (χ3n) is 5.70. The predicted octanol–water partition coefficient (Wildman–Crippen LogP) is 0.250. The van der Waals surface area contributed by atoms with Gasteiger partial charge in [-0.15, -0.1) is 11.3 Å². The minimum Gasteiger partial charge on any atom is -0.370 e. The topological polar surface area (TPSA) is 147 Å². The molecule has 5 N–H and O–H groups in total. The van der Waals surface area contributed by atoms with E-state index in [4.69, 9.17) is 11.5 Å². The monoisotopic (exact) mass is 485 g/mol. The lowest BCUT2D eigenvalue weighted by molar-refractivity contribution is -0.144. The summed E-state index contributed by atoms with van der Waals surface area (Å²) in [7, 11) is 1.92. The highest BCUT2D eigenvalue weighted by Gasteiger charge is 2.34. The number of carbonyl (C=O) groups excluding carboxylic acids is 3. The van der Waals surface area contributed by atoms with Gasteiger partial charge in [0.1, 0.15) is 0 Å². The zero-order valence-corrected chi connectivity index (χ0v) is 20.0. The molecule has 2 amide bonds. The molecule has 1 fully saturated rings. The Morgan fingerprint density at radius 1 is 1.26 bits per heavy atom. The Kier molecular flexibility index (Phi) is 9.11. The maximum atomic E-state index is 13.1. The van der Waals surface area contributed by atoms with Gasteiger partial charge in [-0.3, -0.25) is 24.3 Å². The maximum Gasteiger partial charge on any atom is 0.240 e. The van der Waals surface area contributed by atoms with Crippen LogP contribution in [-0.2, 0) is 16.0 Å². The lowest BCUT2D eigenvalue weighted by Gasteiger charge is -2.38. The summed E-state index contributed by atoms with van der Waals surface area (Å²) >= 11 is 1.22. The smallest absolute Gasteiger partial charge is 0.240 e. The number of aromatic nitrogens is 1. The number of benzene rings is 1. The first-order chi connectivity index (χ1) is 16.3. The average molecular weight is 486 g/mol. The summed E-state index contributed by atoms with van der Waals surface area (Å²) in [5, 5.41) is 4.83. The van der Waals surface area contributed by atoms with Gasteiger partial charge in [-0.1, -0.05) is 30.3 Å². The second-order valence-corrected chi connectivity index (χ2v) is 9.11. The van der Waals surface area contributed by atoms with Crippen molar-refractivity contribution in [1.29, 1.82) is 0 Å². The number of nitrogens with two attached hydrogens (primary N) is 2. The number of piperazine rings is 1. The molecule has 3 rings (SSSR count). The molecule has 1 aromatic carbocycles. The fourth-order valence-corrected chi connectivity index (χ4v) is 4.49. The van der Waals surface area contributed by atoms with Crippen LogP contribution in [0, 0.1) is 0 Å². The van der Waals surface area contributed by atoms with Gasteiger partial charge in [0, 0.05) is 31.2 Å². The van der Waals surface area contributed by atoms with E-state index in [9.17, 15) is 14.4 Å². The van der Waals surface area contributed by atoms with Crippen LogP contribution in [0.25, 0.3) is 0 Å². The van der Waals surface area contributed by atoms with Crippen molar-refractivity contribution in [3.8, 4) is 0 Å². The van der Waals surface area contributed by atoms with Crippen LogP contribution in [0.1, 0.15) is 28.2 Å². The molecular formula is C23H31N7O3S. The van der Waals surface area contributed by atoms with E-state index in [0.29, 0.717) is 43.9 Å². The summed E-state index contributed by atoms with van der Waals surface area (Å²) in [6.45, 7) is 1.35. The van der Waals surface area contributed by atoms with Gasteiger partial charge in [-0.2, -0.15) is 0 Å². The van der Waals surface area contributed by atoms with E-state index in [-0.39, 0.29) is 36.1 Å². The van der Waals surface area contributed by atoms with E-state index >= 15 is 0 Å². The fourth-order valence-electron chi connectivity index (χ4n) is 3.86. The van der Waals surface area contributed by atoms with Gasteiger partial charge < -0.3 is 21.7 Å². The summed E-state index contributed by atoms with van der Waals surface area (Å²) in [4.78, 5) is 50.5. The van der Waals surface area contributed by atoms with Crippen LogP contribution >= 0.6 is 11.3 Å². The minimum atomic E-state index is -0.768. The third-order valence-corrected chi connectivity index (χ3v) is 6.49. The van der Waals surface area contributed by atoms with Crippen molar-refractivity contribution in [2.75, 3.05) is 33.2 Å². The van der Waals surface area contributed by atoms with Crippen LogP contribution in [0.4, 0.5) is 0 Å². The number of likely N-dealkylation sites (N-methyl/N-ethyl adjacent to an activating group) is 1. The predicted molar refractivity (Wildman–Crippen MR) is 131 cm³/mol. The SMILES string of the molecule is CN1CCN(CC(=O)N[C@@H](CCCN=C(N)N)C(=O)c2nccs2)C(=O)[C@@H]1Cc1ccccc1. The van der Waals surface area contributed by atoms with E-state index in [1.807, 2.05) is 42.3 Å². The number of hydrogen-bond acceptors (Lipinski definition) is 7. The van der Waals surface area contributed by atoms with Gasteiger partial charge in [0.15, 0.2) is 11.0 Å². The number of amides is 2.